The van der Waals surface area contributed by atoms with Crippen molar-refractivity contribution in [2.75, 3.05) is 0 Å². The number of rotatable bonds is 6. The Balaban J connectivity index is 2.12. The molecule has 0 spiro atoms. The summed E-state index contributed by atoms with van der Waals surface area (Å²) in [4.78, 5) is 0. The first-order valence-electron chi connectivity index (χ1n) is 7.68. The fraction of sp³-hybridized carbons (Fsp3) is 0.474. The highest BCUT2D eigenvalue weighted by Gasteiger charge is 2.08. The monoisotopic (exact) mass is 284 g/mol. The predicted octanol–water partition coefficient (Wildman–Crippen LogP) is 5.80. The Morgan fingerprint density at radius 3 is 2.35 bits per heavy atom. The van der Waals surface area contributed by atoms with E-state index in [4.69, 9.17) is 0 Å². The van der Waals surface area contributed by atoms with E-state index in [1.807, 2.05) is 0 Å². The minimum atomic E-state index is -0.889. The van der Waals surface area contributed by atoms with Crippen LogP contribution in [0.3, 0.4) is 0 Å². The molecule has 0 N–H and O–H groups in total. The first-order chi connectivity index (χ1) is 9.47. The molecule has 0 saturated heterocycles. The van der Waals surface area contributed by atoms with Crippen molar-refractivity contribution < 1.29 is 0 Å². The zero-order valence-corrected chi connectivity index (χ0v) is 14.5. The van der Waals surface area contributed by atoms with Gasteiger partial charge in [-0.3, -0.25) is 0 Å². The maximum absolute atomic E-state index is 3.27. The van der Waals surface area contributed by atoms with Gasteiger partial charge in [0.05, 0.1) is 0 Å². The largest absolute Gasteiger partial charge is 0.0979 e. The van der Waals surface area contributed by atoms with Gasteiger partial charge in [0, 0.05) is 20.1 Å². The highest BCUT2D eigenvalue weighted by Crippen LogP contribution is 2.09. The van der Waals surface area contributed by atoms with E-state index in [0.29, 0.717) is 0 Å². The van der Waals surface area contributed by atoms with Crippen LogP contribution in [0.4, 0.5) is 0 Å². The van der Waals surface area contributed by atoms with Crippen LogP contribution in [0.1, 0.15) is 36.8 Å². The van der Waals surface area contributed by atoms with Gasteiger partial charge in [-0.15, -0.1) is 0 Å². The Kier molecular flexibility index (Phi) is 7.40. The summed E-state index contributed by atoms with van der Waals surface area (Å²) in [6.45, 7) is 9.35. The molecule has 0 unspecified atom stereocenters. The minimum absolute atomic E-state index is 0.889. The van der Waals surface area contributed by atoms with Gasteiger partial charge in [-0.05, 0) is 44.4 Å². The molecule has 0 aliphatic rings. The van der Waals surface area contributed by atoms with Crippen molar-refractivity contribution in [2.24, 2.45) is 0 Å². The Bertz CT molecular complexity index is 463. The van der Waals surface area contributed by atoms with Crippen molar-refractivity contribution in [3.8, 4) is 11.8 Å². The second-order valence-electron chi connectivity index (χ2n) is 6.65. The molecule has 108 valence electrons. The first kappa shape index (κ1) is 16.8. The molecular weight excluding hydrogens is 256 g/mol. The smallest absolute Gasteiger partial charge is 0.0480 e. The number of allylic oxidation sites excluding steroid dienone is 2. The van der Waals surface area contributed by atoms with Crippen LogP contribution < -0.4 is 0 Å². The normalized spacial score (nSPS) is 11.4. The summed E-state index contributed by atoms with van der Waals surface area (Å²) >= 11 is 0. The molecule has 0 heterocycles. The van der Waals surface area contributed by atoms with E-state index < -0.39 is 8.07 Å². The third-order valence-corrected chi connectivity index (χ3v) is 4.56. The summed E-state index contributed by atoms with van der Waals surface area (Å²) < 4.78 is 0. The molecule has 1 heteroatoms. The zero-order chi connectivity index (χ0) is 14.8. The summed E-state index contributed by atoms with van der Waals surface area (Å²) in [5, 5.41) is 0. The molecule has 0 aliphatic carbocycles. The molecule has 0 nitrogen and oxygen atoms in total. The molecule has 1 rings (SSSR count). The summed E-state index contributed by atoms with van der Waals surface area (Å²) in [6.07, 6.45) is 9.41. The fourth-order valence-electron chi connectivity index (χ4n) is 1.83. The molecular formula is C19H28Si. The van der Waals surface area contributed by atoms with Crippen LogP contribution in [0.25, 0.3) is 0 Å². The number of benzene rings is 1. The molecule has 0 amide bonds. The lowest BCUT2D eigenvalue weighted by atomic mass is 10.1. The topological polar surface area (TPSA) is 0 Å². The highest BCUT2D eigenvalue weighted by atomic mass is 28.3. The van der Waals surface area contributed by atoms with Crippen molar-refractivity contribution in [2.45, 2.75) is 58.3 Å². The Morgan fingerprint density at radius 1 is 1.00 bits per heavy atom. The molecule has 0 bridgehead atoms. The maximum atomic E-state index is 3.27. The fourth-order valence-corrected chi connectivity index (χ4v) is 2.71. The third-order valence-electron chi connectivity index (χ3n) is 3.10. The first-order valence-corrected chi connectivity index (χ1v) is 11.4. The standard InChI is InChI=1S/C19H28Si/c1-18-13-15-19(16-14-18)12-10-8-6-5-7-9-11-17-20(2,3)4/h9,11,13-16H,5-8,17H2,1-4H3/b11-9+. The molecule has 1 aromatic rings. The Hall–Kier alpha value is -1.26. The van der Waals surface area contributed by atoms with Crippen molar-refractivity contribution in [3.05, 3.63) is 47.5 Å². The molecule has 0 saturated carbocycles. The van der Waals surface area contributed by atoms with Gasteiger partial charge in [0.25, 0.3) is 0 Å². The van der Waals surface area contributed by atoms with E-state index in [1.165, 1.54) is 30.9 Å². The Morgan fingerprint density at radius 2 is 1.70 bits per heavy atom. The average molecular weight is 285 g/mol. The lowest BCUT2D eigenvalue weighted by Crippen LogP contribution is -2.17. The second kappa shape index (κ2) is 8.82. The lowest BCUT2D eigenvalue weighted by Gasteiger charge is -2.11. The molecule has 1 aromatic carbocycles. The molecule has 0 aromatic heterocycles. The highest BCUT2D eigenvalue weighted by molar-refractivity contribution is 6.76. The second-order valence-corrected chi connectivity index (χ2v) is 12.2. The summed E-state index contributed by atoms with van der Waals surface area (Å²) in [7, 11) is -0.889. The maximum Gasteiger partial charge on any atom is 0.0480 e. The van der Waals surface area contributed by atoms with E-state index in [-0.39, 0.29) is 0 Å². The van der Waals surface area contributed by atoms with Gasteiger partial charge in [-0.25, -0.2) is 0 Å². The number of hydrogen-bond donors (Lipinski definition) is 0. The average Bonchev–Trinajstić information content (AvgIpc) is 2.37. The van der Waals surface area contributed by atoms with Gasteiger partial charge in [0.2, 0.25) is 0 Å². The van der Waals surface area contributed by atoms with Crippen molar-refractivity contribution >= 4 is 8.07 Å². The molecule has 0 atom stereocenters. The van der Waals surface area contributed by atoms with Crippen LogP contribution in [0.15, 0.2) is 36.4 Å². The van der Waals surface area contributed by atoms with Crippen LogP contribution in [-0.2, 0) is 0 Å². The molecule has 0 fully saturated rings. The van der Waals surface area contributed by atoms with Gasteiger partial charge in [-0.2, -0.15) is 0 Å². The molecule has 20 heavy (non-hydrogen) atoms. The summed E-state index contributed by atoms with van der Waals surface area (Å²) in [6, 6.07) is 9.74. The van der Waals surface area contributed by atoms with Gasteiger partial charge >= 0.3 is 0 Å². The van der Waals surface area contributed by atoms with E-state index >= 15 is 0 Å². The third kappa shape index (κ3) is 8.77. The van der Waals surface area contributed by atoms with E-state index in [0.717, 1.165) is 12.0 Å². The predicted molar refractivity (Wildman–Crippen MR) is 93.8 cm³/mol. The van der Waals surface area contributed by atoms with Gasteiger partial charge in [0.15, 0.2) is 0 Å². The van der Waals surface area contributed by atoms with E-state index in [9.17, 15) is 0 Å². The van der Waals surface area contributed by atoms with Crippen molar-refractivity contribution in [1.82, 2.24) is 0 Å². The number of hydrogen-bond acceptors (Lipinski definition) is 0. The van der Waals surface area contributed by atoms with Crippen LogP contribution in [-0.4, -0.2) is 8.07 Å². The number of unbranched alkanes of at least 4 members (excludes halogenated alkanes) is 3. The summed E-state index contributed by atoms with van der Waals surface area (Å²) in [5.74, 6) is 6.50. The van der Waals surface area contributed by atoms with Crippen molar-refractivity contribution in [1.29, 1.82) is 0 Å². The van der Waals surface area contributed by atoms with E-state index in [1.54, 1.807) is 0 Å². The van der Waals surface area contributed by atoms with Crippen LogP contribution in [0.5, 0.6) is 0 Å². The number of aryl methyl sites for hydroxylation is 1. The van der Waals surface area contributed by atoms with Crippen LogP contribution in [0, 0.1) is 18.8 Å². The quantitative estimate of drug-likeness (QED) is 0.268. The lowest BCUT2D eigenvalue weighted by molar-refractivity contribution is 0.771. The minimum Gasteiger partial charge on any atom is -0.0979 e. The molecule has 0 aliphatic heterocycles. The van der Waals surface area contributed by atoms with Crippen molar-refractivity contribution in [3.63, 3.8) is 0 Å². The van der Waals surface area contributed by atoms with Gasteiger partial charge in [-0.1, -0.05) is 61.3 Å². The molecule has 0 radical (unpaired) electrons. The summed E-state index contributed by atoms with van der Waals surface area (Å²) in [5.41, 5.74) is 2.42. The van der Waals surface area contributed by atoms with Crippen LogP contribution >= 0.6 is 0 Å². The van der Waals surface area contributed by atoms with Gasteiger partial charge < -0.3 is 0 Å². The van der Waals surface area contributed by atoms with E-state index in [2.05, 4.69) is 74.8 Å². The van der Waals surface area contributed by atoms with Crippen LogP contribution in [0.2, 0.25) is 25.7 Å². The van der Waals surface area contributed by atoms with Gasteiger partial charge in [0.1, 0.15) is 0 Å². The zero-order valence-electron chi connectivity index (χ0n) is 13.5. The Labute approximate surface area is 126 Å². The SMILES string of the molecule is Cc1ccc(C#CCCCC/C=C/C[Si](C)(C)C)cc1.